The van der Waals surface area contributed by atoms with Crippen molar-refractivity contribution in [1.29, 1.82) is 0 Å². The molecule has 0 radical (unpaired) electrons. The van der Waals surface area contributed by atoms with Gasteiger partial charge in [-0.3, -0.25) is 0 Å². The normalized spacial score (nSPS) is 13.2. The highest BCUT2D eigenvalue weighted by Crippen LogP contribution is 2.32. The summed E-state index contributed by atoms with van der Waals surface area (Å²) >= 11 is 3.42. The van der Waals surface area contributed by atoms with Gasteiger partial charge in [0.2, 0.25) is 6.79 Å². The fourth-order valence-corrected chi connectivity index (χ4v) is 2.05. The largest absolute Gasteiger partial charge is 0.454 e. The predicted molar refractivity (Wildman–Crippen MR) is 75.6 cm³/mol. The summed E-state index contributed by atoms with van der Waals surface area (Å²) in [5, 5.41) is 0. The van der Waals surface area contributed by atoms with Crippen LogP contribution in [0.15, 0.2) is 46.9 Å². The Kier molecular flexibility index (Phi) is 3.07. The van der Waals surface area contributed by atoms with E-state index in [4.69, 9.17) is 9.47 Å². The number of halogens is 1. The Bertz CT molecular complexity index is 588. The van der Waals surface area contributed by atoms with E-state index >= 15 is 0 Å². The Hall–Kier alpha value is -1.74. The third kappa shape index (κ3) is 2.41. The molecular formula is C15H11BrO2. The Morgan fingerprint density at radius 2 is 1.50 bits per heavy atom. The van der Waals surface area contributed by atoms with Gasteiger partial charge in [-0.25, -0.2) is 0 Å². The van der Waals surface area contributed by atoms with Crippen LogP contribution in [0.2, 0.25) is 0 Å². The molecule has 1 aliphatic heterocycles. The lowest BCUT2D eigenvalue weighted by molar-refractivity contribution is 0.174. The zero-order valence-corrected chi connectivity index (χ0v) is 11.2. The third-order valence-corrected chi connectivity index (χ3v) is 3.26. The maximum Gasteiger partial charge on any atom is 0.231 e. The molecule has 1 heterocycles. The quantitative estimate of drug-likeness (QED) is 0.768. The highest BCUT2D eigenvalue weighted by atomic mass is 79.9. The van der Waals surface area contributed by atoms with Crippen LogP contribution in [0.25, 0.3) is 12.2 Å². The number of rotatable bonds is 2. The Morgan fingerprint density at radius 1 is 0.833 bits per heavy atom. The van der Waals surface area contributed by atoms with Gasteiger partial charge in [0.25, 0.3) is 0 Å². The number of benzene rings is 2. The molecule has 0 fully saturated rings. The van der Waals surface area contributed by atoms with Crippen molar-refractivity contribution in [3.8, 4) is 11.5 Å². The monoisotopic (exact) mass is 302 g/mol. The fraction of sp³-hybridized carbons (Fsp3) is 0.0667. The first-order valence-corrected chi connectivity index (χ1v) is 6.44. The fourth-order valence-electron chi connectivity index (χ4n) is 1.78. The number of hydrogen-bond acceptors (Lipinski definition) is 2. The molecule has 2 aromatic carbocycles. The summed E-state index contributed by atoms with van der Waals surface area (Å²) in [6.07, 6.45) is 4.13. The van der Waals surface area contributed by atoms with Crippen LogP contribution in [0.4, 0.5) is 0 Å². The molecular weight excluding hydrogens is 292 g/mol. The van der Waals surface area contributed by atoms with Crippen LogP contribution in [-0.2, 0) is 0 Å². The van der Waals surface area contributed by atoms with Crippen LogP contribution < -0.4 is 9.47 Å². The van der Waals surface area contributed by atoms with E-state index in [1.54, 1.807) is 0 Å². The van der Waals surface area contributed by atoms with Gasteiger partial charge in [0.15, 0.2) is 11.5 Å². The van der Waals surface area contributed by atoms with Crippen molar-refractivity contribution in [3.63, 3.8) is 0 Å². The van der Waals surface area contributed by atoms with Crippen LogP contribution in [0.1, 0.15) is 11.1 Å². The zero-order chi connectivity index (χ0) is 12.4. The lowest BCUT2D eigenvalue weighted by atomic mass is 10.1. The van der Waals surface area contributed by atoms with E-state index in [0.717, 1.165) is 27.1 Å². The maximum absolute atomic E-state index is 5.34. The molecule has 90 valence electrons. The molecule has 0 aromatic heterocycles. The van der Waals surface area contributed by atoms with E-state index in [1.165, 1.54) is 0 Å². The summed E-state index contributed by atoms with van der Waals surface area (Å²) in [7, 11) is 0. The molecule has 0 spiro atoms. The summed E-state index contributed by atoms with van der Waals surface area (Å²) in [6.45, 7) is 0.315. The second-order valence-corrected chi connectivity index (χ2v) is 4.91. The number of hydrogen-bond donors (Lipinski definition) is 0. The molecule has 3 rings (SSSR count). The van der Waals surface area contributed by atoms with Crippen molar-refractivity contribution in [2.45, 2.75) is 0 Å². The summed E-state index contributed by atoms with van der Waals surface area (Å²) in [4.78, 5) is 0. The molecule has 2 aromatic rings. The van der Waals surface area contributed by atoms with Gasteiger partial charge in [0, 0.05) is 4.47 Å². The van der Waals surface area contributed by atoms with E-state index < -0.39 is 0 Å². The first-order valence-electron chi connectivity index (χ1n) is 5.64. The first-order chi connectivity index (χ1) is 8.81. The SMILES string of the molecule is Brc1ccc(/C=C/c2ccc3c(c2)OCO3)cc1. The summed E-state index contributed by atoms with van der Waals surface area (Å²) in [5.74, 6) is 1.63. The Morgan fingerprint density at radius 3 is 2.33 bits per heavy atom. The highest BCUT2D eigenvalue weighted by Gasteiger charge is 2.11. The Balaban J connectivity index is 1.82. The minimum Gasteiger partial charge on any atom is -0.454 e. The minimum atomic E-state index is 0.315. The van der Waals surface area contributed by atoms with Crippen LogP contribution in [0.5, 0.6) is 11.5 Å². The van der Waals surface area contributed by atoms with Crippen LogP contribution >= 0.6 is 15.9 Å². The molecule has 0 aliphatic carbocycles. The molecule has 0 bridgehead atoms. The molecule has 0 saturated carbocycles. The Labute approximate surface area is 114 Å². The second kappa shape index (κ2) is 4.86. The summed E-state index contributed by atoms with van der Waals surface area (Å²) < 4.78 is 11.7. The lowest BCUT2D eigenvalue weighted by Gasteiger charge is -1.98. The molecule has 0 saturated heterocycles. The van der Waals surface area contributed by atoms with Gasteiger partial charge in [-0.1, -0.05) is 46.3 Å². The topological polar surface area (TPSA) is 18.5 Å². The van der Waals surface area contributed by atoms with Gasteiger partial charge in [-0.05, 0) is 35.4 Å². The summed E-state index contributed by atoms with van der Waals surface area (Å²) in [5.41, 5.74) is 2.26. The van der Waals surface area contributed by atoms with E-state index in [2.05, 4.69) is 40.2 Å². The van der Waals surface area contributed by atoms with Crippen LogP contribution in [-0.4, -0.2) is 6.79 Å². The predicted octanol–water partition coefficient (Wildman–Crippen LogP) is 4.35. The lowest BCUT2D eigenvalue weighted by Crippen LogP contribution is -1.92. The molecule has 18 heavy (non-hydrogen) atoms. The van der Waals surface area contributed by atoms with E-state index in [0.29, 0.717) is 6.79 Å². The van der Waals surface area contributed by atoms with Gasteiger partial charge in [-0.2, -0.15) is 0 Å². The second-order valence-electron chi connectivity index (χ2n) is 4.00. The van der Waals surface area contributed by atoms with E-state index in [1.807, 2.05) is 30.3 Å². The van der Waals surface area contributed by atoms with Gasteiger partial charge >= 0.3 is 0 Å². The number of ether oxygens (including phenoxy) is 2. The smallest absolute Gasteiger partial charge is 0.231 e. The molecule has 0 unspecified atom stereocenters. The maximum atomic E-state index is 5.34. The average molecular weight is 303 g/mol. The van der Waals surface area contributed by atoms with Gasteiger partial charge in [0.05, 0.1) is 0 Å². The summed E-state index contributed by atoms with van der Waals surface area (Å²) in [6, 6.07) is 14.1. The standard InChI is InChI=1S/C15H11BrO2/c16-13-6-3-11(4-7-13)1-2-12-5-8-14-15(9-12)18-10-17-14/h1-9H,10H2/b2-1+. The van der Waals surface area contributed by atoms with E-state index in [-0.39, 0.29) is 0 Å². The van der Waals surface area contributed by atoms with Gasteiger partial charge in [-0.15, -0.1) is 0 Å². The molecule has 1 aliphatic rings. The zero-order valence-electron chi connectivity index (χ0n) is 9.60. The van der Waals surface area contributed by atoms with Crippen molar-refractivity contribution < 1.29 is 9.47 Å². The van der Waals surface area contributed by atoms with E-state index in [9.17, 15) is 0 Å². The molecule has 2 nitrogen and oxygen atoms in total. The van der Waals surface area contributed by atoms with Crippen molar-refractivity contribution in [2.75, 3.05) is 6.79 Å². The molecule has 0 amide bonds. The molecule has 3 heteroatoms. The van der Waals surface area contributed by atoms with Crippen molar-refractivity contribution >= 4 is 28.1 Å². The minimum absolute atomic E-state index is 0.315. The van der Waals surface area contributed by atoms with Crippen molar-refractivity contribution in [1.82, 2.24) is 0 Å². The molecule has 0 N–H and O–H groups in total. The molecule has 0 atom stereocenters. The first kappa shape index (κ1) is 11.4. The highest BCUT2D eigenvalue weighted by molar-refractivity contribution is 9.10. The van der Waals surface area contributed by atoms with Crippen LogP contribution in [0, 0.1) is 0 Å². The van der Waals surface area contributed by atoms with Crippen molar-refractivity contribution in [3.05, 3.63) is 58.1 Å². The average Bonchev–Trinajstić information content (AvgIpc) is 2.85. The van der Waals surface area contributed by atoms with Gasteiger partial charge in [0.1, 0.15) is 0 Å². The van der Waals surface area contributed by atoms with Crippen LogP contribution in [0.3, 0.4) is 0 Å². The van der Waals surface area contributed by atoms with Gasteiger partial charge < -0.3 is 9.47 Å². The third-order valence-electron chi connectivity index (χ3n) is 2.73. The number of fused-ring (bicyclic) bond motifs is 1. The van der Waals surface area contributed by atoms with Crippen molar-refractivity contribution in [2.24, 2.45) is 0 Å².